The van der Waals surface area contributed by atoms with Crippen LogP contribution in [0.25, 0.3) is 5.69 Å². The minimum absolute atomic E-state index is 0.0156. The molecule has 1 aliphatic carbocycles. The number of aryl methyl sites for hydroxylation is 1. The SMILES string of the molecule is Cc1cc(-n2c(SCC(=O)O)nnc2C2CC2)ccc1Br. The van der Waals surface area contributed by atoms with Gasteiger partial charge in [0.05, 0.1) is 5.75 Å². The van der Waals surface area contributed by atoms with Crippen molar-refractivity contribution in [1.29, 1.82) is 0 Å². The molecule has 0 spiro atoms. The molecule has 5 nitrogen and oxygen atoms in total. The molecule has 2 aromatic rings. The maximum Gasteiger partial charge on any atom is 0.313 e. The zero-order valence-electron chi connectivity index (χ0n) is 11.4. The minimum atomic E-state index is -0.852. The van der Waals surface area contributed by atoms with E-state index in [1.54, 1.807) is 0 Å². The number of nitrogens with zero attached hydrogens (tertiary/aromatic N) is 3. The van der Waals surface area contributed by atoms with Gasteiger partial charge in [0, 0.05) is 16.1 Å². The summed E-state index contributed by atoms with van der Waals surface area (Å²) in [6, 6.07) is 6.05. The average molecular weight is 368 g/mol. The first-order valence-corrected chi connectivity index (χ1v) is 8.40. The van der Waals surface area contributed by atoms with Gasteiger partial charge in [-0.25, -0.2) is 0 Å². The monoisotopic (exact) mass is 367 g/mol. The lowest BCUT2D eigenvalue weighted by atomic mass is 10.2. The molecule has 0 bridgehead atoms. The maximum atomic E-state index is 10.8. The second-order valence-corrected chi connectivity index (χ2v) is 6.86. The van der Waals surface area contributed by atoms with Gasteiger partial charge in [0.25, 0.3) is 0 Å². The van der Waals surface area contributed by atoms with Gasteiger partial charge in [0.15, 0.2) is 5.16 Å². The zero-order valence-corrected chi connectivity index (χ0v) is 13.8. The standard InChI is InChI=1S/C14H14BrN3O2S/c1-8-6-10(4-5-11(8)15)18-13(9-2-3-9)16-17-14(18)21-7-12(19)20/h4-6,9H,2-3,7H2,1H3,(H,19,20). The molecular weight excluding hydrogens is 354 g/mol. The summed E-state index contributed by atoms with van der Waals surface area (Å²) in [6.45, 7) is 2.03. The Bertz CT molecular complexity index is 698. The lowest BCUT2D eigenvalue weighted by Gasteiger charge is -2.11. The van der Waals surface area contributed by atoms with Crippen molar-refractivity contribution in [3.05, 3.63) is 34.1 Å². The minimum Gasteiger partial charge on any atom is -0.481 e. The fraction of sp³-hybridized carbons (Fsp3) is 0.357. The molecule has 0 aliphatic heterocycles. The molecule has 1 aromatic carbocycles. The molecule has 0 radical (unpaired) electrons. The number of hydrogen-bond acceptors (Lipinski definition) is 4. The van der Waals surface area contributed by atoms with Crippen molar-refractivity contribution in [2.24, 2.45) is 0 Å². The predicted octanol–water partition coefficient (Wildman–Crippen LogP) is 3.39. The second-order valence-electron chi connectivity index (χ2n) is 5.07. The van der Waals surface area contributed by atoms with Gasteiger partial charge in [-0.2, -0.15) is 0 Å². The molecule has 1 heterocycles. The summed E-state index contributed by atoms with van der Waals surface area (Å²) in [4.78, 5) is 10.8. The van der Waals surface area contributed by atoms with Gasteiger partial charge in [-0.1, -0.05) is 27.7 Å². The van der Waals surface area contributed by atoms with Crippen LogP contribution in [0.2, 0.25) is 0 Å². The fourth-order valence-electron chi connectivity index (χ4n) is 2.12. The van der Waals surface area contributed by atoms with E-state index in [1.165, 1.54) is 11.8 Å². The van der Waals surface area contributed by atoms with Crippen LogP contribution in [-0.4, -0.2) is 31.6 Å². The van der Waals surface area contributed by atoms with Gasteiger partial charge in [0.1, 0.15) is 5.82 Å². The highest BCUT2D eigenvalue weighted by Gasteiger charge is 2.31. The highest BCUT2D eigenvalue weighted by Crippen LogP contribution is 2.41. The van der Waals surface area contributed by atoms with Crippen LogP contribution in [-0.2, 0) is 4.79 Å². The van der Waals surface area contributed by atoms with Crippen LogP contribution in [0.15, 0.2) is 27.8 Å². The number of carboxylic acid groups (broad SMARTS) is 1. The van der Waals surface area contributed by atoms with Gasteiger partial charge in [-0.05, 0) is 43.5 Å². The van der Waals surface area contributed by atoms with Crippen LogP contribution in [0.5, 0.6) is 0 Å². The van der Waals surface area contributed by atoms with E-state index in [0.717, 1.165) is 34.4 Å². The Hall–Kier alpha value is -1.34. The Morgan fingerprint density at radius 1 is 1.48 bits per heavy atom. The van der Waals surface area contributed by atoms with Crippen LogP contribution >= 0.6 is 27.7 Å². The number of rotatable bonds is 5. The van der Waals surface area contributed by atoms with Crippen LogP contribution in [0, 0.1) is 6.92 Å². The van der Waals surface area contributed by atoms with Gasteiger partial charge < -0.3 is 5.11 Å². The van der Waals surface area contributed by atoms with Crippen LogP contribution in [0.4, 0.5) is 0 Å². The van der Waals surface area contributed by atoms with Crippen molar-refractivity contribution >= 4 is 33.7 Å². The molecule has 21 heavy (non-hydrogen) atoms. The van der Waals surface area contributed by atoms with E-state index in [4.69, 9.17) is 5.11 Å². The zero-order chi connectivity index (χ0) is 15.0. The topological polar surface area (TPSA) is 68.0 Å². The third-order valence-corrected chi connectivity index (χ3v) is 5.13. The molecule has 7 heteroatoms. The highest BCUT2D eigenvalue weighted by atomic mass is 79.9. The largest absolute Gasteiger partial charge is 0.481 e. The number of halogens is 1. The van der Waals surface area contributed by atoms with Crippen LogP contribution < -0.4 is 0 Å². The third kappa shape index (κ3) is 3.13. The lowest BCUT2D eigenvalue weighted by Crippen LogP contribution is -2.04. The van der Waals surface area contributed by atoms with E-state index < -0.39 is 5.97 Å². The molecule has 1 aliphatic rings. The van der Waals surface area contributed by atoms with Crippen LogP contribution in [0.1, 0.15) is 30.1 Å². The lowest BCUT2D eigenvalue weighted by molar-refractivity contribution is -0.133. The summed E-state index contributed by atoms with van der Waals surface area (Å²) in [5.41, 5.74) is 2.10. The van der Waals surface area contributed by atoms with Crippen molar-refractivity contribution in [1.82, 2.24) is 14.8 Å². The molecule has 0 atom stereocenters. The third-order valence-electron chi connectivity index (χ3n) is 3.33. The molecule has 0 saturated heterocycles. The van der Waals surface area contributed by atoms with E-state index in [-0.39, 0.29) is 5.75 Å². The normalized spacial score (nSPS) is 14.4. The van der Waals surface area contributed by atoms with Crippen molar-refractivity contribution < 1.29 is 9.90 Å². The Balaban J connectivity index is 2.02. The highest BCUT2D eigenvalue weighted by molar-refractivity contribution is 9.10. The molecule has 1 aromatic heterocycles. The number of hydrogen-bond donors (Lipinski definition) is 1. The van der Waals surface area contributed by atoms with Gasteiger partial charge >= 0.3 is 5.97 Å². The van der Waals surface area contributed by atoms with Crippen molar-refractivity contribution in [3.8, 4) is 5.69 Å². The number of carbonyl (C=O) groups is 1. The van der Waals surface area contributed by atoms with E-state index in [9.17, 15) is 4.79 Å². The predicted molar refractivity (Wildman–Crippen MR) is 84.1 cm³/mol. The van der Waals surface area contributed by atoms with Crippen LogP contribution in [0.3, 0.4) is 0 Å². The summed E-state index contributed by atoms with van der Waals surface area (Å²) in [5.74, 6) is 0.512. The first kappa shape index (κ1) is 14.6. The summed E-state index contributed by atoms with van der Waals surface area (Å²) in [5, 5.41) is 18.0. The Morgan fingerprint density at radius 2 is 2.24 bits per heavy atom. The Morgan fingerprint density at radius 3 is 2.86 bits per heavy atom. The van der Waals surface area contributed by atoms with E-state index in [0.29, 0.717) is 11.1 Å². The fourth-order valence-corrected chi connectivity index (χ4v) is 3.04. The molecule has 0 unspecified atom stereocenters. The van der Waals surface area contributed by atoms with Gasteiger partial charge in [0.2, 0.25) is 0 Å². The number of benzene rings is 1. The maximum absolute atomic E-state index is 10.8. The number of aliphatic carboxylic acids is 1. The van der Waals surface area contributed by atoms with E-state index in [2.05, 4.69) is 32.2 Å². The molecule has 110 valence electrons. The molecular formula is C14H14BrN3O2S. The summed E-state index contributed by atoms with van der Waals surface area (Å²) in [6.07, 6.45) is 2.24. The quantitative estimate of drug-likeness (QED) is 0.820. The molecule has 1 N–H and O–H groups in total. The summed E-state index contributed by atoms with van der Waals surface area (Å²) < 4.78 is 3.04. The number of thioether (sulfide) groups is 1. The molecule has 1 fully saturated rings. The van der Waals surface area contributed by atoms with Crippen molar-refractivity contribution in [3.63, 3.8) is 0 Å². The van der Waals surface area contributed by atoms with E-state index >= 15 is 0 Å². The Kier molecular flexibility index (Phi) is 4.03. The summed E-state index contributed by atoms with van der Waals surface area (Å²) >= 11 is 4.70. The number of carboxylic acids is 1. The van der Waals surface area contributed by atoms with Crippen molar-refractivity contribution in [2.45, 2.75) is 30.8 Å². The Labute approximate surface area is 134 Å². The van der Waals surface area contributed by atoms with Gasteiger partial charge in [-0.3, -0.25) is 9.36 Å². The first-order valence-electron chi connectivity index (χ1n) is 6.62. The van der Waals surface area contributed by atoms with Gasteiger partial charge in [-0.15, -0.1) is 10.2 Å². The van der Waals surface area contributed by atoms with E-state index in [1.807, 2.05) is 23.6 Å². The first-order chi connectivity index (χ1) is 10.1. The molecule has 1 saturated carbocycles. The molecule has 3 rings (SSSR count). The smallest absolute Gasteiger partial charge is 0.313 e. The average Bonchev–Trinajstić information content (AvgIpc) is 3.20. The van der Waals surface area contributed by atoms with Crippen molar-refractivity contribution in [2.75, 3.05) is 5.75 Å². The number of aromatic nitrogens is 3. The second kappa shape index (κ2) is 5.81. The summed E-state index contributed by atoms with van der Waals surface area (Å²) in [7, 11) is 0. The molecule has 0 amide bonds.